The average Bonchev–Trinajstić information content (AvgIpc) is 2.98. The van der Waals surface area contributed by atoms with E-state index in [0.29, 0.717) is 11.5 Å². The van der Waals surface area contributed by atoms with Crippen LogP contribution in [0.15, 0.2) is 47.5 Å². The number of nitrogens with zero attached hydrogens (tertiary/aromatic N) is 3. The van der Waals surface area contributed by atoms with Crippen molar-refractivity contribution in [2.45, 2.75) is 38.3 Å². The van der Waals surface area contributed by atoms with Gasteiger partial charge in [-0.15, -0.1) is 0 Å². The highest BCUT2D eigenvalue weighted by molar-refractivity contribution is 7.89. The van der Waals surface area contributed by atoms with Crippen LogP contribution in [0.2, 0.25) is 0 Å². The zero-order chi connectivity index (χ0) is 19.6. The Kier molecular flexibility index (Phi) is 5.24. The SMILES string of the molecule is CC(=O)Nc1ccc(S(=O)(=O)NCc2nc3cccnc3n2C(C)C)cc1. The van der Waals surface area contributed by atoms with Crippen LogP contribution >= 0.6 is 0 Å². The maximum Gasteiger partial charge on any atom is 0.240 e. The number of hydrogen-bond acceptors (Lipinski definition) is 5. The van der Waals surface area contributed by atoms with Crippen LogP contribution in [-0.4, -0.2) is 28.9 Å². The van der Waals surface area contributed by atoms with E-state index in [4.69, 9.17) is 0 Å². The molecule has 0 spiro atoms. The van der Waals surface area contributed by atoms with E-state index in [2.05, 4.69) is 20.0 Å². The first kappa shape index (κ1) is 19.0. The number of amides is 1. The van der Waals surface area contributed by atoms with Crippen molar-refractivity contribution < 1.29 is 13.2 Å². The molecule has 0 radical (unpaired) electrons. The maximum atomic E-state index is 12.6. The number of imidazole rings is 1. The quantitative estimate of drug-likeness (QED) is 0.676. The van der Waals surface area contributed by atoms with Gasteiger partial charge in [0.2, 0.25) is 15.9 Å². The zero-order valence-electron chi connectivity index (χ0n) is 15.3. The number of rotatable bonds is 6. The summed E-state index contributed by atoms with van der Waals surface area (Å²) in [7, 11) is -3.72. The molecule has 0 unspecified atom stereocenters. The van der Waals surface area contributed by atoms with Gasteiger partial charge in [-0.05, 0) is 50.2 Å². The lowest BCUT2D eigenvalue weighted by atomic mass is 10.3. The molecule has 0 saturated carbocycles. The lowest BCUT2D eigenvalue weighted by Crippen LogP contribution is -2.25. The third kappa shape index (κ3) is 4.15. The molecule has 9 heteroatoms. The van der Waals surface area contributed by atoms with Crippen molar-refractivity contribution in [1.29, 1.82) is 0 Å². The Labute approximate surface area is 157 Å². The van der Waals surface area contributed by atoms with E-state index >= 15 is 0 Å². The Balaban J connectivity index is 1.82. The van der Waals surface area contributed by atoms with Gasteiger partial charge in [0.1, 0.15) is 11.3 Å². The van der Waals surface area contributed by atoms with E-state index in [1.54, 1.807) is 24.4 Å². The molecule has 0 fully saturated rings. The van der Waals surface area contributed by atoms with Gasteiger partial charge in [-0.1, -0.05) is 0 Å². The van der Waals surface area contributed by atoms with Crippen molar-refractivity contribution in [2.75, 3.05) is 5.32 Å². The topological polar surface area (TPSA) is 106 Å². The maximum absolute atomic E-state index is 12.6. The smallest absolute Gasteiger partial charge is 0.240 e. The van der Waals surface area contributed by atoms with Gasteiger partial charge in [-0.2, -0.15) is 0 Å². The highest BCUT2D eigenvalue weighted by Gasteiger charge is 2.18. The highest BCUT2D eigenvalue weighted by Crippen LogP contribution is 2.20. The van der Waals surface area contributed by atoms with Crippen LogP contribution in [0.1, 0.15) is 32.6 Å². The Morgan fingerprint density at radius 3 is 2.52 bits per heavy atom. The first-order chi connectivity index (χ1) is 12.8. The Hall–Kier alpha value is -2.78. The molecule has 2 N–H and O–H groups in total. The first-order valence-electron chi connectivity index (χ1n) is 8.47. The van der Waals surface area contributed by atoms with Gasteiger partial charge < -0.3 is 9.88 Å². The summed E-state index contributed by atoms with van der Waals surface area (Å²) < 4.78 is 29.7. The molecule has 0 bridgehead atoms. The molecular formula is C18H21N5O3S. The van der Waals surface area contributed by atoms with Crippen molar-refractivity contribution in [2.24, 2.45) is 0 Å². The summed E-state index contributed by atoms with van der Waals surface area (Å²) in [6.45, 7) is 5.43. The molecular weight excluding hydrogens is 366 g/mol. The van der Waals surface area contributed by atoms with Gasteiger partial charge in [0.05, 0.1) is 11.4 Å². The number of pyridine rings is 1. The Bertz CT molecular complexity index is 1070. The number of sulfonamides is 1. The molecule has 0 atom stereocenters. The fourth-order valence-electron chi connectivity index (χ4n) is 2.81. The number of anilines is 1. The van der Waals surface area contributed by atoms with Crippen molar-refractivity contribution in [3.05, 3.63) is 48.4 Å². The molecule has 0 saturated heterocycles. The number of carbonyl (C=O) groups excluding carboxylic acids is 1. The molecule has 3 aromatic rings. The van der Waals surface area contributed by atoms with Crippen molar-refractivity contribution in [3.63, 3.8) is 0 Å². The minimum atomic E-state index is -3.72. The van der Waals surface area contributed by atoms with Gasteiger partial charge in [0.25, 0.3) is 0 Å². The second-order valence-electron chi connectivity index (χ2n) is 6.37. The van der Waals surface area contributed by atoms with Crippen LogP contribution in [0.4, 0.5) is 5.69 Å². The predicted molar refractivity (Wildman–Crippen MR) is 103 cm³/mol. The monoisotopic (exact) mass is 387 g/mol. The molecule has 27 heavy (non-hydrogen) atoms. The number of carbonyl (C=O) groups is 1. The van der Waals surface area contributed by atoms with Crippen LogP contribution in [-0.2, 0) is 21.4 Å². The molecule has 0 aliphatic heterocycles. The van der Waals surface area contributed by atoms with Crippen LogP contribution in [0.3, 0.4) is 0 Å². The minimum Gasteiger partial charge on any atom is -0.326 e. The second-order valence-corrected chi connectivity index (χ2v) is 8.13. The zero-order valence-corrected chi connectivity index (χ0v) is 16.1. The number of nitrogens with one attached hydrogen (secondary N) is 2. The van der Waals surface area contributed by atoms with E-state index in [9.17, 15) is 13.2 Å². The molecule has 2 aromatic heterocycles. The van der Waals surface area contributed by atoms with Crippen LogP contribution in [0.25, 0.3) is 11.2 Å². The van der Waals surface area contributed by atoms with Gasteiger partial charge >= 0.3 is 0 Å². The fraction of sp³-hybridized carbons (Fsp3) is 0.278. The molecule has 0 aliphatic rings. The number of hydrogen-bond donors (Lipinski definition) is 2. The molecule has 8 nitrogen and oxygen atoms in total. The minimum absolute atomic E-state index is 0.0460. The second kappa shape index (κ2) is 7.45. The van der Waals surface area contributed by atoms with Gasteiger partial charge in [-0.25, -0.2) is 23.1 Å². The molecule has 1 aromatic carbocycles. The van der Waals surface area contributed by atoms with Gasteiger partial charge in [0, 0.05) is 24.8 Å². The van der Waals surface area contributed by atoms with Gasteiger partial charge in [0.15, 0.2) is 5.65 Å². The molecule has 2 heterocycles. The van der Waals surface area contributed by atoms with Crippen LogP contribution in [0, 0.1) is 0 Å². The first-order valence-corrected chi connectivity index (χ1v) is 9.95. The lowest BCUT2D eigenvalue weighted by molar-refractivity contribution is -0.114. The third-order valence-electron chi connectivity index (χ3n) is 3.94. The lowest BCUT2D eigenvalue weighted by Gasteiger charge is -2.13. The van der Waals surface area contributed by atoms with Gasteiger partial charge in [-0.3, -0.25) is 4.79 Å². The number of fused-ring (bicyclic) bond motifs is 1. The van der Waals surface area contributed by atoms with Crippen molar-refractivity contribution in [3.8, 4) is 0 Å². The molecule has 3 rings (SSSR count). The van der Waals surface area contributed by atoms with E-state index in [1.165, 1.54) is 19.1 Å². The van der Waals surface area contributed by atoms with Crippen LogP contribution in [0.5, 0.6) is 0 Å². The summed E-state index contributed by atoms with van der Waals surface area (Å²) in [4.78, 5) is 20.0. The number of aromatic nitrogens is 3. The summed E-state index contributed by atoms with van der Waals surface area (Å²) >= 11 is 0. The fourth-order valence-corrected chi connectivity index (χ4v) is 3.79. The van der Waals surface area contributed by atoms with Crippen LogP contribution < -0.4 is 10.0 Å². The molecule has 142 valence electrons. The van der Waals surface area contributed by atoms with Crippen molar-refractivity contribution >= 4 is 32.8 Å². The summed E-state index contributed by atoms with van der Waals surface area (Å²) in [5.74, 6) is 0.377. The highest BCUT2D eigenvalue weighted by atomic mass is 32.2. The van der Waals surface area contributed by atoms with E-state index in [-0.39, 0.29) is 23.4 Å². The number of benzene rings is 1. The summed E-state index contributed by atoms with van der Waals surface area (Å²) in [5, 5.41) is 2.60. The van der Waals surface area contributed by atoms with E-state index in [0.717, 1.165) is 11.2 Å². The standard InChI is InChI=1S/C18H21N5O3S/c1-12(2)23-17(22-16-5-4-10-19-18(16)23)11-20-27(25,26)15-8-6-14(7-9-15)21-13(3)24/h4-10,12,20H,11H2,1-3H3,(H,21,24). The Morgan fingerprint density at radius 2 is 1.89 bits per heavy atom. The summed E-state index contributed by atoms with van der Waals surface area (Å²) in [6.07, 6.45) is 1.69. The van der Waals surface area contributed by atoms with Crippen molar-refractivity contribution in [1.82, 2.24) is 19.3 Å². The van der Waals surface area contributed by atoms with E-state index < -0.39 is 10.0 Å². The predicted octanol–water partition coefficient (Wildman–Crippen LogP) is 2.45. The summed E-state index contributed by atoms with van der Waals surface area (Å²) in [5.41, 5.74) is 1.98. The van der Waals surface area contributed by atoms with E-state index in [1.807, 2.05) is 24.5 Å². The normalized spacial score (nSPS) is 11.9. The largest absolute Gasteiger partial charge is 0.326 e. The molecule has 1 amide bonds. The summed E-state index contributed by atoms with van der Waals surface area (Å²) in [6, 6.07) is 9.71. The third-order valence-corrected chi connectivity index (χ3v) is 5.36. The Morgan fingerprint density at radius 1 is 1.19 bits per heavy atom. The average molecular weight is 387 g/mol. The molecule has 0 aliphatic carbocycles.